The maximum Gasteiger partial charge on any atom is 0.257 e. The Morgan fingerprint density at radius 2 is 2.00 bits per heavy atom. The van der Waals surface area contributed by atoms with E-state index in [0.29, 0.717) is 18.7 Å². The van der Waals surface area contributed by atoms with Crippen molar-refractivity contribution in [1.29, 1.82) is 0 Å². The number of carbonyl (C=O) groups is 1. The summed E-state index contributed by atoms with van der Waals surface area (Å²) in [7, 11) is 0. The van der Waals surface area contributed by atoms with E-state index in [9.17, 15) is 18.0 Å². The molecule has 0 bridgehead atoms. The van der Waals surface area contributed by atoms with E-state index < -0.39 is 28.9 Å². The summed E-state index contributed by atoms with van der Waals surface area (Å²) in [6.45, 7) is 2.00. The normalized spacial score (nSPS) is 18.9. The fraction of sp³-hybridized carbons (Fsp3) is 0.417. The molecule has 1 amide bonds. The standard InChI is InChI=1S/C12H13F3N2O/c13-8-3-9(14)11(10(15)4-8)12(18)17-6-7-1-2-16-5-7/h3-4,7,16H,1-2,5-6H2,(H,17,18). The average Bonchev–Trinajstić information content (AvgIpc) is 2.77. The smallest absolute Gasteiger partial charge is 0.257 e. The zero-order valence-electron chi connectivity index (χ0n) is 9.60. The van der Waals surface area contributed by atoms with Crippen molar-refractivity contribution in [3.8, 4) is 0 Å². The number of amides is 1. The highest BCUT2D eigenvalue weighted by molar-refractivity contribution is 5.94. The van der Waals surface area contributed by atoms with E-state index in [2.05, 4.69) is 10.6 Å². The molecular weight excluding hydrogens is 245 g/mol. The Morgan fingerprint density at radius 3 is 2.56 bits per heavy atom. The predicted octanol–water partition coefficient (Wildman–Crippen LogP) is 1.44. The maximum absolute atomic E-state index is 13.3. The molecule has 0 radical (unpaired) electrons. The van der Waals surface area contributed by atoms with Gasteiger partial charge in [0.05, 0.1) is 0 Å². The third-order valence-corrected chi connectivity index (χ3v) is 2.95. The second-order valence-corrected chi connectivity index (χ2v) is 4.31. The van der Waals surface area contributed by atoms with Gasteiger partial charge in [-0.25, -0.2) is 13.2 Å². The van der Waals surface area contributed by atoms with Crippen molar-refractivity contribution in [3.63, 3.8) is 0 Å². The molecule has 1 heterocycles. The topological polar surface area (TPSA) is 41.1 Å². The number of carbonyl (C=O) groups excluding carboxylic acids is 1. The lowest BCUT2D eigenvalue weighted by Crippen LogP contribution is -2.31. The fourth-order valence-corrected chi connectivity index (χ4v) is 1.97. The Labute approximate surface area is 102 Å². The summed E-state index contributed by atoms with van der Waals surface area (Å²) in [6, 6.07) is 0.990. The molecule has 1 fully saturated rings. The molecule has 0 saturated carbocycles. The van der Waals surface area contributed by atoms with Crippen LogP contribution < -0.4 is 10.6 Å². The maximum atomic E-state index is 13.3. The lowest BCUT2D eigenvalue weighted by atomic mass is 10.1. The van der Waals surface area contributed by atoms with Gasteiger partial charge in [-0.15, -0.1) is 0 Å². The van der Waals surface area contributed by atoms with Crippen LogP contribution in [0.25, 0.3) is 0 Å². The van der Waals surface area contributed by atoms with E-state index in [-0.39, 0.29) is 5.92 Å². The van der Waals surface area contributed by atoms with Crippen molar-refractivity contribution in [3.05, 3.63) is 35.1 Å². The summed E-state index contributed by atoms with van der Waals surface area (Å²) < 4.78 is 39.3. The summed E-state index contributed by atoms with van der Waals surface area (Å²) in [6.07, 6.45) is 0.911. The van der Waals surface area contributed by atoms with Crippen LogP contribution in [0.1, 0.15) is 16.8 Å². The highest BCUT2D eigenvalue weighted by atomic mass is 19.1. The van der Waals surface area contributed by atoms with Gasteiger partial charge in [0, 0.05) is 18.7 Å². The molecule has 18 heavy (non-hydrogen) atoms. The highest BCUT2D eigenvalue weighted by Crippen LogP contribution is 2.15. The number of halogens is 3. The van der Waals surface area contributed by atoms with Gasteiger partial charge in [-0.2, -0.15) is 0 Å². The second kappa shape index (κ2) is 5.39. The van der Waals surface area contributed by atoms with Crippen LogP contribution in [0.2, 0.25) is 0 Å². The Bertz CT molecular complexity index is 436. The minimum atomic E-state index is -1.19. The largest absolute Gasteiger partial charge is 0.352 e. The Morgan fingerprint density at radius 1 is 1.33 bits per heavy atom. The van der Waals surface area contributed by atoms with Crippen LogP contribution >= 0.6 is 0 Å². The fourth-order valence-electron chi connectivity index (χ4n) is 1.97. The summed E-state index contributed by atoms with van der Waals surface area (Å²) in [5.74, 6) is -4.00. The van der Waals surface area contributed by atoms with Gasteiger partial charge in [-0.05, 0) is 25.4 Å². The molecule has 1 aliphatic heterocycles. The van der Waals surface area contributed by atoms with Gasteiger partial charge >= 0.3 is 0 Å². The number of hydrogen-bond donors (Lipinski definition) is 2. The van der Waals surface area contributed by atoms with Gasteiger partial charge < -0.3 is 10.6 Å². The van der Waals surface area contributed by atoms with Gasteiger partial charge in [0.2, 0.25) is 0 Å². The van der Waals surface area contributed by atoms with Crippen LogP contribution in [0.5, 0.6) is 0 Å². The molecule has 1 aromatic carbocycles. The molecule has 1 aromatic rings. The average molecular weight is 258 g/mol. The van der Waals surface area contributed by atoms with Crippen LogP contribution in [0.3, 0.4) is 0 Å². The van der Waals surface area contributed by atoms with E-state index >= 15 is 0 Å². The Hall–Kier alpha value is -1.56. The minimum Gasteiger partial charge on any atom is -0.352 e. The molecule has 1 aliphatic rings. The molecule has 98 valence electrons. The molecule has 3 nitrogen and oxygen atoms in total. The SMILES string of the molecule is O=C(NCC1CCNC1)c1c(F)cc(F)cc1F. The van der Waals surface area contributed by atoms with Crippen molar-refractivity contribution < 1.29 is 18.0 Å². The number of rotatable bonds is 3. The van der Waals surface area contributed by atoms with Crippen LogP contribution in [-0.4, -0.2) is 25.5 Å². The summed E-state index contributed by atoms with van der Waals surface area (Å²) in [4.78, 5) is 11.6. The molecule has 0 spiro atoms. The van der Waals surface area contributed by atoms with Crippen LogP contribution in [-0.2, 0) is 0 Å². The minimum absolute atomic E-state index is 0.264. The third-order valence-electron chi connectivity index (χ3n) is 2.95. The first-order chi connectivity index (χ1) is 8.58. The summed E-state index contributed by atoms with van der Waals surface area (Å²) >= 11 is 0. The van der Waals surface area contributed by atoms with Gasteiger partial charge in [-0.3, -0.25) is 4.79 Å². The van der Waals surface area contributed by atoms with Crippen molar-refractivity contribution in [2.24, 2.45) is 5.92 Å². The van der Waals surface area contributed by atoms with Crippen molar-refractivity contribution in [1.82, 2.24) is 10.6 Å². The quantitative estimate of drug-likeness (QED) is 0.861. The van der Waals surface area contributed by atoms with E-state index in [0.717, 1.165) is 19.5 Å². The molecule has 2 rings (SSSR count). The lowest BCUT2D eigenvalue weighted by Gasteiger charge is -2.11. The van der Waals surface area contributed by atoms with Gasteiger partial charge in [0.1, 0.15) is 23.0 Å². The first kappa shape index (κ1) is 12.9. The molecule has 2 N–H and O–H groups in total. The van der Waals surface area contributed by atoms with Crippen molar-refractivity contribution in [2.45, 2.75) is 6.42 Å². The van der Waals surface area contributed by atoms with E-state index in [4.69, 9.17) is 0 Å². The molecule has 1 saturated heterocycles. The number of hydrogen-bond acceptors (Lipinski definition) is 2. The predicted molar refractivity (Wildman–Crippen MR) is 59.6 cm³/mol. The van der Waals surface area contributed by atoms with E-state index in [1.54, 1.807) is 0 Å². The number of benzene rings is 1. The van der Waals surface area contributed by atoms with Gasteiger partial charge in [0.25, 0.3) is 5.91 Å². The van der Waals surface area contributed by atoms with E-state index in [1.165, 1.54) is 0 Å². The summed E-state index contributed by atoms with van der Waals surface area (Å²) in [5, 5.41) is 5.58. The van der Waals surface area contributed by atoms with Crippen LogP contribution in [0.15, 0.2) is 12.1 Å². The monoisotopic (exact) mass is 258 g/mol. The third kappa shape index (κ3) is 2.81. The van der Waals surface area contributed by atoms with E-state index in [1.807, 2.05) is 0 Å². The Balaban J connectivity index is 2.04. The zero-order valence-corrected chi connectivity index (χ0v) is 9.60. The first-order valence-corrected chi connectivity index (χ1v) is 5.71. The molecule has 1 atom stereocenters. The molecule has 1 unspecified atom stereocenters. The number of nitrogens with one attached hydrogen (secondary N) is 2. The summed E-state index contributed by atoms with van der Waals surface area (Å²) in [5.41, 5.74) is -0.734. The lowest BCUT2D eigenvalue weighted by molar-refractivity contribution is 0.0939. The van der Waals surface area contributed by atoms with Gasteiger partial charge in [0.15, 0.2) is 0 Å². The first-order valence-electron chi connectivity index (χ1n) is 5.71. The molecule has 6 heteroatoms. The van der Waals surface area contributed by atoms with Gasteiger partial charge in [-0.1, -0.05) is 0 Å². The second-order valence-electron chi connectivity index (χ2n) is 4.31. The zero-order chi connectivity index (χ0) is 13.1. The molecular formula is C12H13F3N2O. The molecule has 0 aromatic heterocycles. The Kier molecular flexibility index (Phi) is 3.86. The van der Waals surface area contributed by atoms with Crippen molar-refractivity contribution in [2.75, 3.05) is 19.6 Å². The van der Waals surface area contributed by atoms with Crippen LogP contribution in [0.4, 0.5) is 13.2 Å². The van der Waals surface area contributed by atoms with Crippen LogP contribution in [0, 0.1) is 23.4 Å². The van der Waals surface area contributed by atoms with Crippen molar-refractivity contribution >= 4 is 5.91 Å². The highest BCUT2D eigenvalue weighted by Gasteiger charge is 2.21. The molecule has 0 aliphatic carbocycles.